The van der Waals surface area contributed by atoms with E-state index in [1.165, 1.54) is 6.33 Å². The second-order valence-electron chi connectivity index (χ2n) is 6.53. The number of nitrogens with zero attached hydrogens (tertiary/aromatic N) is 5. The normalized spacial score (nSPS) is 12.7. The van der Waals surface area contributed by atoms with Gasteiger partial charge in [-0.25, -0.2) is 18.4 Å². The van der Waals surface area contributed by atoms with E-state index in [4.69, 9.17) is 0 Å². The van der Waals surface area contributed by atoms with Crippen LogP contribution in [0, 0.1) is 11.3 Å². The highest BCUT2D eigenvalue weighted by molar-refractivity contribution is 7.91. The molecule has 1 unspecified atom stereocenters. The zero-order valence-corrected chi connectivity index (χ0v) is 16.5. The molecule has 29 heavy (non-hydrogen) atoms. The third-order valence-electron chi connectivity index (χ3n) is 4.81. The first-order chi connectivity index (χ1) is 14.0. The summed E-state index contributed by atoms with van der Waals surface area (Å²) in [7, 11) is -3.34. The molecule has 4 aromatic rings. The molecular formula is C20H18N6O2S. The van der Waals surface area contributed by atoms with Crippen LogP contribution in [0.2, 0.25) is 0 Å². The van der Waals surface area contributed by atoms with Crippen molar-refractivity contribution >= 4 is 20.9 Å². The number of aromatic amines is 1. The number of hydrogen-bond donors (Lipinski definition) is 1. The molecule has 8 nitrogen and oxygen atoms in total. The Morgan fingerprint density at radius 2 is 2.14 bits per heavy atom. The summed E-state index contributed by atoms with van der Waals surface area (Å²) in [6, 6.07) is 10.4. The quantitative estimate of drug-likeness (QED) is 0.526. The molecule has 1 N–H and O–H groups in total. The van der Waals surface area contributed by atoms with Gasteiger partial charge in [0.05, 0.1) is 41.1 Å². The lowest BCUT2D eigenvalue weighted by Gasteiger charge is -2.16. The predicted octanol–water partition coefficient (Wildman–Crippen LogP) is 3.12. The Morgan fingerprint density at radius 1 is 1.28 bits per heavy atom. The van der Waals surface area contributed by atoms with Crippen molar-refractivity contribution < 1.29 is 8.42 Å². The highest BCUT2D eigenvalue weighted by Gasteiger charge is 2.19. The minimum atomic E-state index is -3.34. The second kappa shape index (κ2) is 7.48. The lowest BCUT2D eigenvalue weighted by Crippen LogP contribution is -2.12. The van der Waals surface area contributed by atoms with E-state index in [1.54, 1.807) is 42.2 Å². The van der Waals surface area contributed by atoms with Crippen molar-refractivity contribution in [1.82, 2.24) is 24.7 Å². The van der Waals surface area contributed by atoms with Crippen LogP contribution in [-0.4, -0.2) is 38.9 Å². The Morgan fingerprint density at radius 3 is 2.93 bits per heavy atom. The van der Waals surface area contributed by atoms with Crippen LogP contribution in [0.15, 0.2) is 60.1 Å². The molecule has 0 aliphatic rings. The lowest BCUT2D eigenvalue weighted by atomic mass is 10.0. The van der Waals surface area contributed by atoms with E-state index < -0.39 is 15.9 Å². The molecule has 4 rings (SSSR count). The molecule has 0 saturated carbocycles. The number of sulfone groups is 1. The van der Waals surface area contributed by atoms with Gasteiger partial charge in [-0.05, 0) is 23.8 Å². The summed E-state index contributed by atoms with van der Waals surface area (Å²) in [5.74, 6) is 0.0195. The number of fused-ring (bicyclic) bond motifs is 1. The summed E-state index contributed by atoms with van der Waals surface area (Å²) in [5, 5.41) is 14.6. The zero-order valence-electron chi connectivity index (χ0n) is 15.6. The predicted molar refractivity (Wildman–Crippen MR) is 108 cm³/mol. The number of H-pyrrole nitrogens is 1. The first kappa shape index (κ1) is 18.8. The van der Waals surface area contributed by atoms with Crippen LogP contribution < -0.4 is 0 Å². The van der Waals surface area contributed by atoms with E-state index in [-0.39, 0.29) is 17.1 Å². The molecule has 0 amide bonds. The molecule has 1 atom stereocenters. The van der Waals surface area contributed by atoms with Crippen molar-refractivity contribution in [3.8, 4) is 17.3 Å². The fourth-order valence-electron chi connectivity index (χ4n) is 3.27. The van der Waals surface area contributed by atoms with Crippen molar-refractivity contribution in [3.63, 3.8) is 0 Å². The Labute approximate surface area is 167 Å². The summed E-state index contributed by atoms with van der Waals surface area (Å²) >= 11 is 0. The molecule has 0 spiro atoms. The monoisotopic (exact) mass is 406 g/mol. The highest BCUT2D eigenvalue weighted by Crippen LogP contribution is 2.28. The van der Waals surface area contributed by atoms with Gasteiger partial charge in [-0.1, -0.05) is 19.1 Å². The summed E-state index contributed by atoms with van der Waals surface area (Å²) in [6.07, 6.45) is 6.94. The fraction of sp³-hybridized carbons (Fsp3) is 0.200. The Bertz CT molecular complexity index is 1320. The van der Waals surface area contributed by atoms with Crippen molar-refractivity contribution in [3.05, 3.63) is 60.8 Å². The lowest BCUT2D eigenvalue weighted by molar-refractivity contribution is 0.531. The summed E-state index contributed by atoms with van der Waals surface area (Å²) in [5.41, 5.74) is 2.97. The molecule has 0 fully saturated rings. The van der Waals surface area contributed by atoms with E-state index in [0.29, 0.717) is 5.56 Å². The van der Waals surface area contributed by atoms with Crippen LogP contribution in [0.25, 0.3) is 22.3 Å². The minimum absolute atomic E-state index is 0.0195. The number of benzene rings is 1. The fourth-order valence-corrected chi connectivity index (χ4v) is 4.20. The Kier molecular flexibility index (Phi) is 4.86. The molecule has 146 valence electrons. The maximum atomic E-state index is 12.3. The topological polar surface area (TPSA) is 117 Å². The van der Waals surface area contributed by atoms with Crippen molar-refractivity contribution in [2.24, 2.45) is 0 Å². The van der Waals surface area contributed by atoms with Crippen molar-refractivity contribution in [2.45, 2.75) is 24.3 Å². The third kappa shape index (κ3) is 3.50. The second-order valence-corrected chi connectivity index (χ2v) is 8.80. The van der Waals surface area contributed by atoms with Crippen molar-refractivity contribution in [2.75, 3.05) is 5.75 Å². The van der Waals surface area contributed by atoms with Crippen LogP contribution in [0.5, 0.6) is 0 Å². The van der Waals surface area contributed by atoms with Gasteiger partial charge in [0.25, 0.3) is 0 Å². The van der Waals surface area contributed by atoms with E-state index in [0.717, 1.165) is 22.3 Å². The molecule has 1 aromatic carbocycles. The molecule has 0 aliphatic heterocycles. The van der Waals surface area contributed by atoms with Gasteiger partial charge in [-0.3, -0.25) is 4.68 Å². The Balaban J connectivity index is 1.76. The maximum Gasteiger partial charge on any atom is 0.178 e. The van der Waals surface area contributed by atoms with Gasteiger partial charge in [0.1, 0.15) is 12.0 Å². The standard InChI is InChI=1S/C20H18N6O2S/c1-2-29(27,28)16-5-3-4-14(10-16)18(6-8-21)26-12-15(11-25-26)19-17-7-9-22-20(17)24-13-23-19/h3-5,7,9-13,18H,2,6H2,1H3,(H,22,23,24). The van der Waals surface area contributed by atoms with E-state index in [1.807, 2.05) is 18.3 Å². The minimum Gasteiger partial charge on any atom is -0.346 e. The molecule has 0 bridgehead atoms. The summed E-state index contributed by atoms with van der Waals surface area (Å²) in [6.45, 7) is 1.61. The number of rotatable bonds is 6. The van der Waals surface area contributed by atoms with E-state index in [2.05, 4.69) is 26.1 Å². The van der Waals surface area contributed by atoms with Crippen LogP contribution in [0.1, 0.15) is 24.9 Å². The average Bonchev–Trinajstić information content (AvgIpc) is 3.41. The van der Waals surface area contributed by atoms with Gasteiger partial charge in [-0.15, -0.1) is 0 Å². The molecular weight excluding hydrogens is 388 g/mol. The summed E-state index contributed by atoms with van der Waals surface area (Å²) < 4.78 is 26.2. The van der Waals surface area contributed by atoms with E-state index >= 15 is 0 Å². The smallest absolute Gasteiger partial charge is 0.178 e. The van der Waals surface area contributed by atoms with Crippen LogP contribution in [-0.2, 0) is 9.84 Å². The first-order valence-corrected chi connectivity index (χ1v) is 10.7. The van der Waals surface area contributed by atoms with Crippen LogP contribution in [0.3, 0.4) is 0 Å². The van der Waals surface area contributed by atoms with Gasteiger partial charge in [-0.2, -0.15) is 10.4 Å². The molecule has 0 radical (unpaired) electrons. The van der Waals surface area contributed by atoms with Gasteiger partial charge >= 0.3 is 0 Å². The summed E-state index contributed by atoms with van der Waals surface area (Å²) in [4.78, 5) is 11.9. The third-order valence-corrected chi connectivity index (χ3v) is 6.55. The average molecular weight is 406 g/mol. The molecule has 3 aromatic heterocycles. The highest BCUT2D eigenvalue weighted by atomic mass is 32.2. The van der Waals surface area contributed by atoms with E-state index in [9.17, 15) is 13.7 Å². The largest absolute Gasteiger partial charge is 0.346 e. The zero-order chi connectivity index (χ0) is 20.4. The molecule has 9 heteroatoms. The molecule has 3 heterocycles. The number of hydrogen-bond acceptors (Lipinski definition) is 6. The first-order valence-electron chi connectivity index (χ1n) is 9.05. The van der Waals surface area contributed by atoms with Crippen molar-refractivity contribution in [1.29, 1.82) is 5.26 Å². The van der Waals surface area contributed by atoms with Crippen LogP contribution in [0.4, 0.5) is 0 Å². The number of aromatic nitrogens is 5. The van der Waals surface area contributed by atoms with Crippen LogP contribution >= 0.6 is 0 Å². The van der Waals surface area contributed by atoms with Gasteiger partial charge in [0.2, 0.25) is 0 Å². The van der Waals surface area contributed by atoms with Gasteiger partial charge in [0, 0.05) is 23.3 Å². The number of nitriles is 1. The molecule has 0 aliphatic carbocycles. The van der Waals surface area contributed by atoms with Gasteiger partial charge < -0.3 is 4.98 Å². The SMILES string of the molecule is CCS(=O)(=O)c1cccc(C(CC#N)n2cc(-c3ncnc4[nH]ccc34)cn2)c1. The Hall–Kier alpha value is -3.51. The molecule has 0 saturated heterocycles. The number of nitrogens with one attached hydrogen (secondary N) is 1. The van der Waals surface area contributed by atoms with Gasteiger partial charge in [0.15, 0.2) is 9.84 Å². The maximum absolute atomic E-state index is 12.3.